The summed E-state index contributed by atoms with van der Waals surface area (Å²) in [6.07, 6.45) is 0.645. The lowest BCUT2D eigenvalue weighted by Gasteiger charge is -2.46. The van der Waals surface area contributed by atoms with Gasteiger partial charge in [-0.3, -0.25) is 4.79 Å². The van der Waals surface area contributed by atoms with Crippen LogP contribution in [-0.4, -0.2) is 29.0 Å². The third-order valence-electron chi connectivity index (χ3n) is 5.14. The molecule has 0 aliphatic carbocycles. The van der Waals surface area contributed by atoms with Gasteiger partial charge >= 0.3 is 0 Å². The van der Waals surface area contributed by atoms with E-state index in [-0.39, 0.29) is 22.4 Å². The maximum Gasteiger partial charge on any atom is 0.241 e. The van der Waals surface area contributed by atoms with Crippen LogP contribution in [0.1, 0.15) is 24.5 Å². The first kappa shape index (κ1) is 18.9. The minimum absolute atomic E-state index is 0.0515. The van der Waals surface area contributed by atoms with Crippen molar-refractivity contribution < 1.29 is 13.6 Å². The van der Waals surface area contributed by atoms with Crippen LogP contribution < -0.4 is 11.1 Å². The second-order valence-corrected chi connectivity index (χ2v) is 8.07. The van der Waals surface area contributed by atoms with E-state index in [9.17, 15) is 13.6 Å². The maximum absolute atomic E-state index is 14.4. The summed E-state index contributed by atoms with van der Waals surface area (Å²) in [5, 5.41) is 9.54. The van der Waals surface area contributed by atoms with Crippen LogP contribution in [0.5, 0.6) is 0 Å². The molecule has 3 N–H and O–H groups in total. The minimum Gasteiger partial charge on any atom is -0.384 e. The number of rotatable bonds is 3. The summed E-state index contributed by atoms with van der Waals surface area (Å²) in [5.41, 5.74) is 7.68. The third kappa shape index (κ3) is 2.87. The highest BCUT2D eigenvalue weighted by Crippen LogP contribution is 2.56. The number of hydrazone groups is 1. The molecule has 1 amide bonds. The molecular formula is C20H20F2N4OS. The predicted octanol–water partition coefficient (Wildman–Crippen LogP) is 3.47. The second-order valence-electron chi connectivity index (χ2n) is 6.86. The van der Waals surface area contributed by atoms with E-state index in [1.54, 1.807) is 0 Å². The molecule has 146 valence electrons. The zero-order valence-electron chi connectivity index (χ0n) is 15.3. The molecule has 5 nitrogen and oxygen atoms in total. The lowest BCUT2D eigenvalue weighted by molar-refractivity contribution is -0.133. The molecule has 2 aliphatic rings. The zero-order chi connectivity index (χ0) is 19.9. The number of nitrogens with two attached hydrogens (primary N) is 1. The van der Waals surface area contributed by atoms with Crippen LogP contribution in [0.15, 0.2) is 47.6 Å². The molecule has 0 bridgehead atoms. The van der Waals surface area contributed by atoms with Gasteiger partial charge in [-0.05, 0) is 37.2 Å². The van der Waals surface area contributed by atoms with E-state index in [4.69, 9.17) is 5.73 Å². The van der Waals surface area contributed by atoms with Crippen LogP contribution >= 0.6 is 11.8 Å². The molecule has 2 aromatic rings. The summed E-state index contributed by atoms with van der Waals surface area (Å²) in [7, 11) is 0. The summed E-state index contributed by atoms with van der Waals surface area (Å²) < 4.78 is 28.2. The van der Waals surface area contributed by atoms with Crippen molar-refractivity contribution in [2.45, 2.75) is 18.2 Å². The minimum atomic E-state index is -0.860. The molecule has 0 saturated carbocycles. The summed E-state index contributed by atoms with van der Waals surface area (Å²) in [6.45, 7) is 2.46. The molecule has 2 atom stereocenters. The predicted molar refractivity (Wildman–Crippen MR) is 107 cm³/mol. The Morgan fingerprint density at radius 2 is 2.14 bits per heavy atom. The largest absolute Gasteiger partial charge is 0.384 e. The average Bonchev–Trinajstić information content (AvgIpc) is 3.08. The topological polar surface area (TPSA) is 70.7 Å². The first-order valence-electron chi connectivity index (χ1n) is 9.04. The number of hydrogen-bond donors (Lipinski definition) is 2. The van der Waals surface area contributed by atoms with Crippen molar-refractivity contribution in [3.63, 3.8) is 0 Å². The Hall–Kier alpha value is -2.45. The first-order chi connectivity index (χ1) is 13.5. The van der Waals surface area contributed by atoms with E-state index >= 15 is 0 Å². The van der Waals surface area contributed by atoms with Crippen molar-refractivity contribution in [1.29, 1.82) is 0 Å². The fraction of sp³-hybridized carbons (Fsp3) is 0.300. The van der Waals surface area contributed by atoms with Crippen LogP contribution in [0, 0.1) is 17.6 Å². The normalized spacial score (nSPS) is 23.4. The Morgan fingerprint density at radius 1 is 1.36 bits per heavy atom. The summed E-state index contributed by atoms with van der Waals surface area (Å²) in [4.78, 5) is 11.7. The number of thioether (sulfide) groups is 1. The van der Waals surface area contributed by atoms with Crippen LogP contribution in [-0.2, 0) is 9.67 Å². The number of carbonyl (C=O) groups is 1. The molecule has 8 heteroatoms. The number of benzene rings is 2. The second kappa shape index (κ2) is 7.18. The van der Waals surface area contributed by atoms with Gasteiger partial charge in [0.2, 0.25) is 5.91 Å². The van der Waals surface area contributed by atoms with E-state index in [1.807, 2.05) is 24.3 Å². The molecule has 28 heavy (non-hydrogen) atoms. The van der Waals surface area contributed by atoms with E-state index in [0.717, 1.165) is 29.4 Å². The van der Waals surface area contributed by atoms with E-state index < -0.39 is 16.5 Å². The number of hydrogen-bond acceptors (Lipinski definition) is 5. The number of nitrogens with one attached hydrogen (secondary N) is 1. The maximum atomic E-state index is 14.4. The van der Waals surface area contributed by atoms with Crippen molar-refractivity contribution in [2.24, 2.45) is 16.8 Å². The van der Waals surface area contributed by atoms with E-state index in [2.05, 4.69) is 10.4 Å². The number of carbonyl (C=O) groups excluding carboxylic acids is 1. The van der Waals surface area contributed by atoms with Gasteiger partial charge < -0.3 is 11.1 Å². The number of halogens is 2. The molecule has 0 aromatic heterocycles. The smallest absolute Gasteiger partial charge is 0.241 e. The van der Waals surface area contributed by atoms with Gasteiger partial charge in [0, 0.05) is 36.2 Å². The van der Waals surface area contributed by atoms with Crippen LogP contribution in [0.4, 0.5) is 14.5 Å². The SMILES string of the molecule is CC(=O)N1N=C(c2cc(F)ccc2F)S[C@@]12c1ccccc1NC[C@H]2CCN. The molecule has 2 aliphatic heterocycles. The monoisotopic (exact) mass is 402 g/mol. The Kier molecular flexibility index (Phi) is 4.84. The van der Waals surface area contributed by atoms with Gasteiger partial charge in [0.1, 0.15) is 21.5 Å². The number of para-hydroxylation sites is 1. The van der Waals surface area contributed by atoms with Crippen LogP contribution in [0.25, 0.3) is 0 Å². The fourth-order valence-electron chi connectivity index (χ4n) is 3.92. The molecule has 2 aromatic carbocycles. The molecule has 1 spiro atoms. The lowest BCUT2D eigenvalue weighted by atomic mass is 9.84. The van der Waals surface area contributed by atoms with Crippen molar-refractivity contribution in [2.75, 3.05) is 18.4 Å². The molecular weight excluding hydrogens is 382 g/mol. The summed E-state index contributed by atoms with van der Waals surface area (Å²) in [5.74, 6) is -1.46. The van der Waals surface area contributed by atoms with E-state index in [1.165, 1.54) is 23.7 Å². The van der Waals surface area contributed by atoms with Gasteiger partial charge in [0.05, 0.1) is 0 Å². The summed E-state index contributed by atoms with van der Waals surface area (Å²) in [6, 6.07) is 10.9. The van der Waals surface area contributed by atoms with Gasteiger partial charge in [-0.25, -0.2) is 13.8 Å². The van der Waals surface area contributed by atoms with Gasteiger partial charge in [-0.15, -0.1) is 0 Å². The van der Waals surface area contributed by atoms with Crippen LogP contribution in [0.3, 0.4) is 0 Å². The number of fused-ring (bicyclic) bond motifs is 2. The number of nitrogens with zero attached hydrogens (tertiary/aromatic N) is 2. The van der Waals surface area contributed by atoms with Crippen molar-refractivity contribution in [3.8, 4) is 0 Å². The van der Waals surface area contributed by atoms with Gasteiger partial charge in [-0.1, -0.05) is 30.0 Å². The Balaban J connectivity index is 1.89. The van der Waals surface area contributed by atoms with Gasteiger partial charge in [0.15, 0.2) is 0 Å². The van der Waals surface area contributed by atoms with Crippen molar-refractivity contribution in [1.82, 2.24) is 5.01 Å². The van der Waals surface area contributed by atoms with Gasteiger partial charge in [-0.2, -0.15) is 5.10 Å². The molecule has 0 fully saturated rings. The molecule has 0 saturated heterocycles. The summed E-state index contributed by atoms with van der Waals surface area (Å²) >= 11 is 1.29. The third-order valence-corrected chi connectivity index (χ3v) is 6.67. The Labute approximate surface area is 166 Å². The average molecular weight is 402 g/mol. The lowest BCUT2D eigenvalue weighted by Crippen LogP contribution is -2.51. The fourth-order valence-corrected chi connectivity index (χ4v) is 5.51. The highest BCUT2D eigenvalue weighted by Gasteiger charge is 2.55. The van der Waals surface area contributed by atoms with E-state index in [0.29, 0.717) is 19.5 Å². The highest BCUT2D eigenvalue weighted by atomic mass is 32.2. The first-order valence-corrected chi connectivity index (χ1v) is 9.86. The standard InChI is InChI=1S/C20H20F2N4OS/c1-12(27)26-20(28-19(25-26)15-10-14(21)6-7-17(15)22)13(8-9-23)11-24-18-5-3-2-4-16(18)20/h2-7,10,13,24H,8-9,11,23H2,1H3/t13-,20+/m1/s1. The van der Waals surface area contributed by atoms with Crippen molar-refractivity contribution >= 4 is 28.4 Å². The Bertz CT molecular complexity index is 967. The number of anilines is 1. The molecule has 4 rings (SSSR count). The Morgan fingerprint density at radius 3 is 2.89 bits per heavy atom. The molecule has 2 heterocycles. The molecule has 0 unspecified atom stereocenters. The highest BCUT2D eigenvalue weighted by molar-refractivity contribution is 8.15. The zero-order valence-corrected chi connectivity index (χ0v) is 16.1. The van der Waals surface area contributed by atoms with Crippen molar-refractivity contribution in [3.05, 3.63) is 65.2 Å². The number of amides is 1. The van der Waals surface area contributed by atoms with Crippen LogP contribution in [0.2, 0.25) is 0 Å². The molecule has 0 radical (unpaired) electrons. The van der Waals surface area contributed by atoms with Gasteiger partial charge in [0.25, 0.3) is 0 Å². The quantitative estimate of drug-likeness (QED) is 0.825.